The molecule has 0 radical (unpaired) electrons. The number of fused-ring (bicyclic) bond motifs is 2. The topological polar surface area (TPSA) is 74.3 Å². The van der Waals surface area contributed by atoms with Crippen molar-refractivity contribution in [2.24, 2.45) is 7.05 Å². The van der Waals surface area contributed by atoms with Crippen LogP contribution in [0, 0.1) is 0 Å². The van der Waals surface area contributed by atoms with Crippen molar-refractivity contribution in [1.29, 1.82) is 0 Å². The highest BCUT2D eigenvalue weighted by Crippen LogP contribution is 2.23. The van der Waals surface area contributed by atoms with Crippen molar-refractivity contribution < 1.29 is 13.9 Å². The third-order valence-electron chi connectivity index (χ3n) is 4.49. The molecule has 0 spiro atoms. The predicted octanol–water partition coefficient (Wildman–Crippen LogP) is 3.77. The van der Waals surface area contributed by atoms with Gasteiger partial charge in [-0.1, -0.05) is 34.1 Å². The number of carbonyl (C=O) groups is 1. The van der Waals surface area contributed by atoms with Gasteiger partial charge in [0.2, 0.25) is 0 Å². The van der Waals surface area contributed by atoms with Crippen molar-refractivity contribution in [1.82, 2.24) is 9.78 Å². The summed E-state index contributed by atoms with van der Waals surface area (Å²) in [6.07, 6.45) is 0.487. The van der Waals surface area contributed by atoms with Gasteiger partial charge in [0, 0.05) is 28.7 Å². The van der Waals surface area contributed by atoms with Crippen molar-refractivity contribution in [3.63, 3.8) is 0 Å². The second-order valence-electron chi connectivity index (χ2n) is 6.46. The maximum absolute atomic E-state index is 12.3. The summed E-state index contributed by atoms with van der Waals surface area (Å²) in [6, 6.07) is 14.9. The third kappa shape index (κ3) is 3.71. The van der Waals surface area contributed by atoms with E-state index in [0.717, 1.165) is 21.2 Å². The normalized spacial score (nSPS) is 11.2. The second kappa shape index (κ2) is 7.59. The van der Waals surface area contributed by atoms with Gasteiger partial charge >= 0.3 is 5.97 Å². The molecule has 0 aliphatic carbocycles. The first-order valence-corrected chi connectivity index (χ1v) is 9.59. The van der Waals surface area contributed by atoms with Crippen LogP contribution in [0.3, 0.4) is 0 Å². The summed E-state index contributed by atoms with van der Waals surface area (Å²) >= 11 is 3.43. The molecular formula is C21H17BrN2O4. The van der Waals surface area contributed by atoms with Crippen molar-refractivity contribution in [2.75, 3.05) is 6.61 Å². The Morgan fingerprint density at radius 3 is 2.79 bits per heavy atom. The molecule has 0 saturated heterocycles. The van der Waals surface area contributed by atoms with E-state index in [1.54, 1.807) is 25.2 Å². The molecule has 142 valence electrons. The minimum Gasteiger partial charge on any atom is -0.465 e. The predicted molar refractivity (Wildman–Crippen MR) is 109 cm³/mol. The fourth-order valence-electron chi connectivity index (χ4n) is 3.15. The van der Waals surface area contributed by atoms with E-state index in [1.165, 1.54) is 4.68 Å². The Morgan fingerprint density at radius 2 is 1.96 bits per heavy atom. The van der Waals surface area contributed by atoms with E-state index in [4.69, 9.17) is 9.15 Å². The van der Waals surface area contributed by atoms with E-state index in [-0.39, 0.29) is 18.6 Å². The number of hydrogen-bond donors (Lipinski definition) is 0. The average Bonchev–Trinajstić information content (AvgIpc) is 3.07. The third-order valence-corrected chi connectivity index (χ3v) is 4.98. The Bertz CT molecular complexity index is 1240. The molecule has 0 saturated carbocycles. The highest BCUT2D eigenvalue weighted by Gasteiger charge is 2.13. The Morgan fingerprint density at radius 1 is 1.18 bits per heavy atom. The van der Waals surface area contributed by atoms with E-state index in [2.05, 4.69) is 21.0 Å². The zero-order valence-corrected chi connectivity index (χ0v) is 16.7. The summed E-state index contributed by atoms with van der Waals surface area (Å²) in [7, 11) is 1.57. The summed E-state index contributed by atoms with van der Waals surface area (Å²) in [5.41, 5.74) is 1.13. The number of halogens is 1. The van der Waals surface area contributed by atoms with Gasteiger partial charge in [-0.2, -0.15) is 5.10 Å². The zero-order chi connectivity index (χ0) is 19.7. The Balaban J connectivity index is 1.43. The first-order chi connectivity index (χ1) is 13.5. The lowest BCUT2D eigenvalue weighted by Crippen LogP contribution is -2.23. The minimum atomic E-state index is -0.393. The minimum absolute atomic E-state index is 0.00170. The van der Waals surface area contributed by atoms with E-state index in [0.29, 0.717) is 22.9 Å². The lowest BCUT2D eigenvalue weighted by atomic mass is 10.1. The molecule has 28 heavy (non-hydrogen) atoms. The number of aromatic nitrogens is 2. The number of benzene rings is 2. The van der Waals surface area contributed by atoms with Gasteiger partial charge in [0.15, 0.2) is 0 Å². The first kappa shape index (κ1) is 18.4. The second-order valence-corrected chi connectivity index (χ2v) is 7.38. The molecule has 0 N–H and O–H groups in total. The fourth-order valence-corrected chi connectivity index (χ4v) is 3.53. The van der Waals surface area contributed by atoms with E-state index >= 15 is 0 Å². The maximum atomic E-state index is 12.3. The molecule has 6 nitrogen and oxygen atoms in total. The average molecular weight is 441 g/mol. The Kier molecular flexibility index (Phi) is 5.00. The van der Waals surface area contributed by atoms with Gasteiger partial charge in [-0.3, -0.25) is 9.59 Å². The first-order valence-electron chi connectivity index (χ1n) is 8.80. The van der Waals surface area contributed by atoms with Crippen LogP contribution in [-0.2, 0) is 29.4 Å². The van der Waals surface area contributed by atoms with E-state index in [9.17, 15) is 9.59 Å². The Labute approximate surface area is 168 Å². The molecule has 7 heteroatoms. The van der Waals surface area contributed by atoms with Crippen LogP contribution in [0.1, 0.15) is 11.5 Å². The molecule has 0 atom stereocenters. The van der Waals surface area contributed by atoms with Crippen LogP contribution >= 0.6 is 15.9 Å². The van der Waals surface area contributed by atoms with Crippen LogP contribution in [0.4, 0.5) is 0 Å². The largest absolute Gasteiger partial charge is 0.465 e. The van der Waals surface area contributed by atoms with Crippen LogP contribution < -0.4 is 5.56 Å². The molecule has 4 aromatic rings. The smallest absolute Gasteiger partial charge is 0.311 e. The lowest BCUT2D eigenvalue weighted by molar-refractivity contribution is -0.142. The summed E-state index contributed by atoms with van der Waals surface area (Å²) in [4.78, 5) is 24.4. The number of aryl methyl sites for hydroxylation is 1. The molecule has 2 heterocycles. The molecule has 0 unspecified atom stereocenters. The van der Waals surface area contributed by atoms with Gasteiger partial charge in [0.1, 0.15) is 11.3 Å². The molecule has 0 amide bonds. The number of furan rings is 1. The summed E-state index contributed by atoms with van der Waals surface area (Å²) in [6.45, 7) is 0.212. The van der Waals surface area contributed by atoms with Gasteiger partial charge in [-0.15, -0.1) is 0 Å². The van der Waals surface area contributed by atoms with Gasteiger partial charge < -0.3 is 9.15 Å². The van der Waals surface area contributed by atoms with Gasteiger partial charge in [0.05, 0.1) is 24.1 Å². The van der Waals surface area contributed by atoms with Crippen LogP contribution in [0.5, 0.6) is 0 Å². The van der Waals surface area contributed by atoms with E-state index < -0.39 is 5.97 Å². The van der Waals surface area contributed by atoms with Crippen molar-refractivity contribution in [2.45, 2.75) is 12.8 Å². The van der Waals surface area contributed by atoms with Crippen LogP contribution in [0.25, 0.3) is 21.7 Å². The number of carbonyl (C=O) groups excluding carboxylic acids is 1. The molecule has 2 aromatic carbocycles. The molecule has 4 rings (SSSR count). The summed E-state index contributed by atoms with van der Waals surface area (Å²) < 4.78 is 13.3. The number of nitrogens with zero attached hydrogens (tertiary/aromatic N) is 2. The molecule has 0 aliphatic rings. The number of esters is 1. The maximum Gasteiger partial charge on any atom is 0.311 e. The zero-order valence-electron chi connectivity index (χ0n) is 15.1. The fraction of sp³-hybridized carbons (Fsp3) is 0.190. The number of rotatable bonds is 5. The molecular weight excluding hydrogens is 424 g/mol. The standard InChI is InChI=1S/C21H17BrN2O4/c1-24-21(26)17-5-3-2-4-16(17)18(23-24)12-20(25)27-9-8-15-11-13-10-14(22)6-7-19(13)28-15/h2-7,10-11H,8-9,12H2,1H3. The lowest BCUT2D eigenvalue weighted by Gasteiger charge is -2.08. The molecule has 0 aliphatic heterocycles. The SMILES string of the molecule is Cn1nc(CC(=O)OCCc2cc3cc(Br)ccc3o2)c2ccccc2c1=O. The quantitative estimate of drug-likeness (QED) is 0.441. The molecule has 0 fully saturated rings. The van der Waals surface area contributed by atoms with Crippen LogP contribution in [-0.4, -0.2) is 22.4 Å². The van der Waals surface area contributed by atoms with Gasteiger partial charge in [0.25, 0.3) is 5.56 Å². The number of ether oxygens (including phenoxy) is 1. The van der Waals surface area contributed by atoms with E-state index in [1.807, 2.05) is 30.3 Å². The monoisotopic (exact) mass is 440 g/mol. The summed E-state index contributed by atoms with van der Waals surface area (Å²) in [5, 5.41) is 6.43. The Hall–Kier alpha value is -2.93. The van der Waals surface area contributed by atoms with Crippen molar-refractivity contribution >= 4 is 43.6 Å². The van der Waals surface area contributed by atoms with Crippen molar-refractivity contribution in [3.8, 4) is 0 Å². The molecule has 0 bridgehead atoms. The van der Waals surface area contributed by atoms with Gasteiger partial charge in [-0.25, -0.2) is 4.68 Å². The molecule has 2 aromatic heterocycles. The highest BCUT2D eigenvalue weighted by atomic mass is 79.9. The highest BCUT2D eigenvalue weighted by molar-refractivity contribution is 9.10. The van der Waals surface area contributed by atoms with Crippen LogP contribution in [0.15, 0.2) is 62.2 Å². The van der Waals surface area contributed by atoms with Gasteiger partial charge in [-0.05, 0) is 30.3 Å². The van der Waals surface area contributed by atoms with Crippen molar-refractivity contribution in [3.05, 3.63) is 74.8 Å². The summed E-state index contributed by atoms with van der Waals surface area (Å²) in [5.74, 6) is 0.363. The van der Waals surface area contributed by atoms with Crippen LogP contribution in [0.2, 0.25) is 0 Å². The number of hydrogen-bond acceptors (Lipinski definition) is 5.